The summed E-state index contributed by atoms with van der Waals surface area (Å²) >= 11 is 0. The van der Waals surface area contributed by atoms with Gasteiger partial charge < -0.3 is 10.5 Å². The molecule has 0 fully saturated rings. The highest BCUT2D eigenvalue weighted by Gasteiger charge is 2.20. The van der Waals surface area contributed by atoms with Gasteiger partial charge in [-0.2, -0.15) is 4.39 Å². The molecule has 110 valence electrons. The van der Waals surface area contributed by atoms with Crippen molar-refractivity contribution in [3.63, 3.8) is 0 Å². The number of hydrogen-bond acceptors (Lipinski definition) is 5. The Hall–Kier alpha value is -2.61. The zero-order valence-electron chi connectivity index (χ0n) is 10.9. The van der Waals surface area contributed by atoms with Crippen molar-refractivity contribution < 1.29 is 18.4 Å². The molecule has 0 bridgehead atoms. The number of nitrogens with two attached hydrogens (primary N) is 1. The van der Waals surface area contributed by atoms with Crippen LogP contribution in [-0.2, 0) is 0 Å². The van der Waals surface area contributed by atoms with Crippen LogP contribution in [0.4, 0.5) is 14.5 Å². The van der Waals surface area contributed by atoms with Gasteiger partial charge in [0, 0.05) is 24.4 Å². The van der Waals surface area contributed by atoms with Gasteiger partial charge >= 0.3 is 5.69 Å². The number of halogens is 2. The van der Waals surface area contributed by atoms with E-state index in [4.69, 9.17) is 10.5 Å². The van der Waals surface area contributed by atoms with Gasteiger partial charge in [0.25, 0.3) is 0 Å². The molecule has 0 aliphatic rings. The lowest BCUT2D eigenvalue weighted by atomic mass is 10.1. The quantitative estimate of drug-likeness (QED) is 0.691. The van der Waals surface area contributed by atoms with Crippen molar-refractivity contribution >= 4 is 5.69 Å². The summed E-state index contributed by atoms with van der Waals surface area (Å²) in [6, 6.07) is 3.91. The van der Waals surface area contributed by atoms with Crippen LogP contribution in [0.5, 0.6) is 11.6 Å². The van der Waals surface area contributed by atoms with E-state index in [-0.39, 0.29) is 11.9 Å². The lowest BCUT2D eigenvalue weighted by Gasteiger charge is -2.09. The van der Waals surface area contributed by atoms with E-state index in [1.807, 2.05) is 0 Å². The Morgan fingerprint density at radius 1 is 1.33 bits per heavy atom. The molecule has 0 saturated carbocycles. The van der Waals surface area contributed by atoms with Gasteiger partial charge in [0.2, 0.25) is 11.7 Å². The largest absolute Gasteiger partial charge is 0.436 e. The molecule has 0 saturated heterocycles. The standard InChI is InChI=1S/C13H11F2N3O3/c1-7(16)8-2-3-17-13(4-8)21-12-6-9(14)11(18(19)20)5-10(12)15/h2-7H,16H2,1H3/t7-/m0/s1. The van der Waals surface area contributed by atoms with Crippen LogP contribution in [0.1, 0.15) is 18.5 Å². The van der Waals surface area contributed by atoms with E-state index in [1.54, 1.807) is 13.0 Å². The van der Waals surface area contributed by atoms with Crippen LogP contribution in [0.15, 0.2) is 30.5 Å². The van der Waals surface area contributed by atoms with Crippen molar-refractivity contribution in [3.8, 4) is 11.6 Å². The summed E-state index contributed by atoms with van der Waals surface area (Å²) in [6.45, 7) is 1.74. The third kappa shape index (κ3) is 3.29. The molecule has 1 aromatic carbocycles. The van der Waals surface area contributed by atoms with Crippen LogP contribution in [-0.4, -0.2) is 9.91 Å². The van der Waals surface area contributed by atoms with Crippen LogP contribution in [0.3, 0.4) is 0 Å². The van der Waals surface area contributed by atoms with Gasteiger partial charge in [-0.3, -0.25) is 10.1 Å². The van der Waals surface area contributed by atoms with Gasteiger partial charge in [-0.05, 0) is 18.6 Å². The fraction of sp³-hybridized carbons (Fsp3) is 0.154. The SMILES string of the molecule is C[C@H](N)c1ccnc(Oc2cc(F)c([N+](=O)[O-])cc2F)c1. The average Bonchev–Trinajstić information content (AvgIpc) is 2.42. The van der Waals surface area contributed by atoms with E-state index in [1.165, 1.54) is 12.3 Å². The molecular formula is C13H11F2N3O3. The molecule has 0 spiro atoms. The zero-order valence-corrected chi connectivity index (χ0v) is 10.9. The Labute approximate surface area is 118 Å². The van der Waals surface area contributed by atoms with E-state index in [9.17, 15) is 18.9 Å². The number of nitro groups is 1. The Morgan fingerprint density at radius 2 is 2.05 bits per heavy atom. The van der Waals surface area contributed by atoms with Crippen molar-refractivity contribution in [2.75, 3.05) is 0 Å². The number of hydrogen-bond donors (Lipinski definition) is 1. The normalized spacial score (nSPS) is 12.0. The third-order valence-corrected chi connectivity index (χ3v) is 2.70. The highest BCUT2D eigenvalue weighted by Crippen LogP contribution is 2.29. The van der Waals surface area contributed by atoms with Crippen molar-refractivity contribution in [1.29, 1.82) is 0 Å². The average molecular weight is 295 g/mol. The van der Waals surface area contributed by atoms with E-state index in [2.05, 4.69) is 4.98 Å². The van der Waals surface area contributed by atoms with Crippen LogP contribution in [0.2, 0.25) is 0 Å². The summed E-state index contributed by atoms with van der Waals surface area (Å²) in [4.78, 5) is 13.3. The molecule has 0 radical (unpaired) electrons. The molecule has 6 nitrogen and oxygen atoms in total. The molecule has 21 heavy (non-hydrogen) atoms. The Kier molecular flexibility index (Phi) is 4.08. The van der Waals surface area contributed by atoms with E-state index < -0.39 is 28.0 Å². The molecule has 0 amide bonds. The number of nitro benzene ring substituents is 1. The fourth-order valence-corrected chi connectivity index (χ4v) is 1.61. The second-order valence-electron chi connectivity index (χ2n) is 4.31. The third-order valence-electron chi connectivity index (χ3n) is 2.70. The number of nitrogens with zero attached hydrogens (tertiary/aromatic N) is 2. The minimum atomic E-state index is -1.19. The second kappa shape index (κ2) is 5.80. The maximum absolute atomic E-state index is 13.7. The molecule has 2 N–H and O–H groups in total. The van der Waals surface area contributed by atoms with Gasteiger partial charge in [-0.1, -0.05) is 0 Å². The molecular weight excluding hydrogens is 284 g/mol. The van der Waals surface area contributed by atoms with Crippen LogP contribution in [0.25, 0.3) is 0 Å². The van der Waals surface area contributed by atoms with Gasteiger partial charge in [0.1, 0.15) is 0 Å². The molecule has 1 heterocycles. The summed E-state index contributed by atoms with van der Waals surface area (Å²) in [5.74, 6) is -2.74. The summed E-state index contributed by atoms with van der Waals surface area (Å²) in [5, 5.41) is 10.5. The van der Waals surface area contributed by atoms with E-state index in [0.717, 1.165) is 0 Å². The summed E-state index contributed by atoms with van der Waals surface area (Å²) < 4.78 is 32.3. The molecule has 2 aromatic rings. The Bertz CT molecular complexity index is 692. The topological polar surface area (TPSA) is 91.3 Å². The number of benzene rings is 1. The molecule has 0 aliphatic heterocycles. The number of aromatic nitrogens is 1. The van der Waals surface area contributed by atoms with Gasteiger partial charge in [-0.15, -0.1) is 0 Å². The van der Waals surface area contributed by atoms with Crippen LogP contribution >= 0.6 is 0 Å². The maximum atomic E-state index is 13.7. The first-order valence-electron chi connectivity index (χ1n) is 5.91. The molecule has 0 unspecified atom stereocenters. The smallest absolute Gasteiger partial charge is 0.307 e. The minimum Gasteiger partial charge on any atom is -0.436 e. The maximum Gasteiger partial charge on any atom is 0.307 e. The zero-order chi connectivity index (χ0) is 15.6. The lowest BCUT2D eigenvalue weighted by Crippen LogP contribution is -2.05. The fourth-order valence-electron chi connectivity index (χ4n) is 1.61. The lowest BCUT2D eigenvalue weighted by molar-refractivity contribution is -0.387. The summed E-state index contributed by atoms with van der Waals surface area (Å²) in [7, 11) is 0. The van der Waals surface area contributed by atoms with Crippen molar-refractivity contribution in [2.45, 2.75) is 13.0 Å². The predicted octanol–water partition coefficient (Wildman–Crippen LogP) is 3.08. The first-order valence-corrected chi connectivity index (χ1v) is 5.91. The summed E-state index contributed by atoms with van der Waals surface area (Å²) in [6.07, 6.45) is 1.41. The van der Waals surface area contributed by atoms with Crippen molar-refractivity contribution in [1.82, 2.24) is 4.98 Å². The molecule has 2 rings (SSSR count). The molecule has 8 heteroatoms. The van der Waals surface area contributed by atoms with Crippen molar-refractivity contribution in [2.24, 2.45) is 5.73 Å². The number of rotatable bonds is 4. The van der Waals surface area contributed by atoms with E-state index >= 15 is 0 Å². The predicted molar refractivity (Wildman–Crippen MR) is 69.9 cm³/mol. The first kappa shape index (κ1) is 14.8. The van der Waals surface area contributed by atoms with Gasteiger partial charge in [0.05, 0.1) is 11.0 Å². The highest BCUT2D eigenvalue weighted by molar-refractivity contribution is 5.41. The molecule has 0 aliphatic carbocycles. The Morgan fingerprint density at radius 3 is 2.67 bits per heavy atom. The number of pyridine rings is 1. The number of ether oxygens (including phenoxy) is 1. The van der Waals surface area contributed by atoms with E-state index in [0.29, 0.717) is 17.7 Å². The summed E-state index contributed by atoms with van der Waals surface area (Å²) in [5.41, 5.74) is 5.43. The molecule has 1 aromatic heterocycles. The molecule has 1 atom stereocenters. The van der Waals surface area contributed by atoms with Crippen LogP contribution in [0, 0.1) is 21.7 Å². The highest BCUT2D eigenvalue weighted by atomic mass is 19.1. The first-order chi connectivity index (χ1) is 9.88. The van der Waals surface area contributed by atoms with Gasteiger partial charge in [-0.25, -0.2) is 9.37 Å². The monoisotopic (exact) mass is 295 g/mol. The van der Waals surface area contributed by atoms with Crippen molar-refractivity contribution in [3.05, 3.63) is 57.8 Å². The minimum absolute atomic E-state index is 0.0111. The van der Waals surface area contributed by atoms with Gasteiger partial charge in [0.15, 0.2) is 11.6 Å². The Balaban J connectivity index is 2.34. The second-order valence-corrected chi connectivity index (χ2v) is 4.31. The van der Waals surface area contributed by atoms with Crippen LogP contribution < -0.4 is 10.5 Å².